The summed E-state index contributed by atoms with van der Waals surface area (Å²) in [6.45, 7) is 7.71. The smallest absolute Gasteiger partial charge is 0.255 e. The fourth-order valence-corrected chi connectivity index (χ4v) is 1.28. The Bertz CT molecular complexity index is 311. The van der Waals surface area contributed by atoms with Crippen molar-refractivity contribution in [1.82, 2.24) is 15.5 Å². The van der Waals surface area contributed by atoms with Gasteiger partial charge in [0.15, 0.2) is 0 Å². The summed E-state index contributed by atoms with van der Waals surface area (Å²) in [6.07, 6.45) is 0.932. The van der Waals surface area contributed by atoms with Crippen molar-refractivity contribution in [2.75, 3.05) is 0 Å². The Morgan fingerprint density at radius 2 is 2.21 bits per heavy atom. The van der Waals surface area contributed by atoms with Crippen LogP contribution >= 0.6 is 0 Å². The van der Waals surface area contributed by atoms with Crippen LogP contribution in [0.5, 0.6) is 0 Å². The third kappa shape index (κ3) is 2.13. The minimum Gasteiger partial charge on any atom is -0.349 e. The van der Waals surface area contributed by atoms with Gasteiger partial charge in [0.1, 0.15) is 0 Å². The molecule has 0 fully saturated rings. The molecule has 0 bridgehead atoms. The summed E-state index contributed by atoms with van der Waals surface area (Å²) < 4.78 is 0. The lowest BCUT2D eigenvalue weighted by molar-refractivity contribution is 0.0938. The highest BCUT2D eigenvalue weighted by molar-refractivity contribution is 5.96. The minimum atomic E-state index is -0.0388. The van der Waals surface area contributed by atoms with Crippen molar-refractivity contribution in [3.05, 3.63) is 17.0 Å². The summed E-state index contributed by atoms with van der Waals surface area (Å²) in [5, 5.41) is 9.70. The zero-order chi connectivity index (χ0) is 10.7. The molecule has 1 atom stereocenters. The quantitative estimate of drug-likeness (QED) is 0.768. The van der Waals surface area contributed by atoms with Gasteiger partial charge in [0.2, 0.25) is 0 Å². The zero-order valence-electron chi connectivity index (χ0n) is 9.14. The fourth-order valence-electron chi connectivity index (χ4n) is 1.28. The van der Waals surface area contributed by atoms with E-state index < -0.39 is 0 Å². The number of hydrogen-bond acceptors (Lipinski definition) is 2. The van der Waals surface area contributed by atoms with Crippen molar-refractivity contribution in [2.45, 2.75) is 40.2 Å². The average molecular weight is 195 g/mol. The molecule has 1 aromatic rings. The van der Waals surface area contributed by atoms with E-state index in [1.807, 2.05) is 27.7 Å². The second-order valence-corrected chi connectivity index (χ2v) is 3.59. The summed E-state index contributed by atoms with van der Waals surface area (Å²) in [7, 11) is 0. The van der Waals surface area contributed by atoms with Crippen LogP contribution in [0.4, 0.5) is 0 Å². The largest absolute Gasteiger partial charge is 0.349 e. The third-order valence-electron chi connectivity index (χ3n) is 2.35. The average Bonchev–Trinajstić information content (AvgIpc) is 2.46. The predicted octanol–water partition coefficient (Wildman–Crippen LogP) is 1.55. The second kappa shape index (κ2) is 4.26. The number of H-pyrrole nitrogens is 1. The van der Waals surface area contributed by atoms with E-state index in [2.05, 4.69) is 15.5 Å². The van der Waals surface area contributed by atoms with Gasteiger partial charge in [0.25, 0.3) is 5.91 Å². The molecule has 1 heterocycles. The molecule has 1 rings (SSSR count). The molecule has 0 aliphatic heterocycles. The number of aromatic nitrogens is 2. The monoisotopic (exact) mass is 195 g/mol. The highest BCUT2D eigenvalue weighted by Crippen LogP contribution is 2.09. The molecule has 4 heteroatoms. The van der Waals surface area contributed by atoms with Crippen LogP contribution in [0.3, 0.4) is 0 Å². The molecule has 2 N–H and O–H groups in total. The van der Waals surface area contributed by atoms with Gasteiger partial charge in [-0.15, -0.1) is 0 Å². The molecular formula is C10H17N3O. The Labute approximate surface area is 84.1 Å². The maximum Gasteiger partial charge on any atom is 0.255 e. The summed E-state index contributed by atoms with van der Waals surface area (Å²) >= 11 is 0. The van der Waals surface area contributed by atoms with Gasteiger partial charge in [0, 0.05) is 11.7 Å². The Balaban J connectivity index is 2.79. The van der Waals surface area contributed by atoms with Gasteiger partial charge in [-0.3, -0.25) is 9.89 Å². The lowest BCUT2D eigenvalue weighted by Crippen LogP contribution is -2.32. The molecule has 78 valence electrons. The van der Waals surface area contributed by atoms with Crippen molar-refractivity contribution in [1.29, 1.82) is 0 Å². The van der Waals surface area contributed by atoms with Gasteiger partial charge in [-0.05, 0) is 27.2 Å². The van der Waals surface area contributed by atoms with E-state index in [1.165, 1.54) is 0 Å². The second-order valence-electron chi connectivity index (χ2n) is 3.59. The van der Waals surface area contributed by atoms with Gasteiger partial charge in [-0.2, -0.15) is 5.10 Å². The van der Waals surface area contributed by atoms with Gasteiger partial charge >= 0.3 is 0 Å². The number of nitrogens with one attached hydrogen (secondary N) is 2. The van der Waals surface area contributed by atoms with Gasteiger partial charge < -0.3 is 5.32 Å². The van der Waals surface area contributed by atoms with Gasteiger partial charge in [-0.1, -0.05) is 6.92 Å². The summed E-state index contributed by atoms with van der Waals surface area (Å²) in [4.78, 5) is 11.7. The van der Waals surface area contributed by atoms with Crippen LogP contribution < -0.4 is 5.32 Å². The Hall–Kier alpha value is -1.32. The first-order valence-electron chi connectivity index (χ1n) is 4.88. The Morgan fingerprint density at radius 3 is 2.64 bits per heavy atom. The third-order valence-corrected chi connectivity index (χ3v) is 2.35. The van der Waals surface area contributed by atoms with E-state index in [9.17, 15) is 4.79 Å². The van der Waals surface area contributed by atoms with E-state index in [0.29, 0.717) is 5.56 Å². The number of aryl methyl sites for hydroxylation is 2. The molecule has 0 saturated heterocycles. The first-order valence-corrected chi connectivity index (χ1v) is 4.88. The number of hydrogen-bond donors (Lipinski definition) is 2. The minimum absolute atomic E-state index is 0.0388. The summed E-state index contributed by atoms with van der Waals surface area (Å²) in [6, 6.07) is 0.205. The summed E-state index contributed by atoms with van der Waals surface area (Å²) in [5.41, 5.74) is 2.25. The van der Waals surface area contributed by atoms with Crippen molar-refractivity contribution >= 4 is 5.91 Å². The fraction of sp³-hybridized carbons (Fsp3) is 0.600. The Morgan fingerprint density at radius 1 is 1.57 bits per heavy atom. The van der Waals surface area contributed by atoms with Crippen LogP contribution in [-0.2, 0) is 0 Å². The maximum absolute atomic E-state index is 11.7. The molecule has 14 heavy (non-hydrogen) atoms. The highest BCUT2D eigenvalue weighted by Gasteiger charge is 2.15. The molecule has 1 amide bonds. The number of aromatic amines is 1. The first-order chi connectivity index (χ1) is 6.56. The molecule has 0 saturated carbocycles. The molecule has 0 spiro atoms. The van der Waals surface area contributed by atoms with Crippen LogP contribution in [0.15, 0.2) is 0 Å². The van der Waals surface area contributed by atoms with E-state index in [0.717, 1.165) is 17.8 Å². The lowest BCUT2D eigenvalue weighted by Gasteiger charge is -2.11. The number of rotatable bonds is 3. The normalized spacial score (nSPS) is 12.6. The topological polar surface area (TPSA) is 57.8 Å². The molecule has 0 aliphatic rings. The molecule has 1 aromatic heterocycles. The highest BCUT2D eigenvalue weighted by atomic mass is 16.1. The van der Waals surface area contributed by atoms with Crippen LogP contribution in [0, 0.1) is 13.8 Å². The SMILES string of the molecule is CCC(C)NC(=O)c1c(C)n[nH]c1C. The number of carbonyl (C=O) groups excluding carboxylic acids is 1. The number of nitrogens with zero attached hydrogens (tertiary/aromatic N) is 1. The van der Waals surface area contributed by atoms with Crippen LogP contribution in [0.1, 0.15) is 42.0 Å². The standard InChI is InChI=1S/C10H17N3O/c1-5-6(2)11-10(14)9-7(3)12-13-8(9)4/h6H,5H2,1-4H3,(H,11,14)(H,12,13). The molecule has 0 aliphatic carbocycles. The van der Waals surface area contributed by atoms with Crippen LogP contribution in [-0.4, -0.2) is 22.1 Å². The van der Waals surface area contributed by atoms with Crippen molar-refractivity contribution in [2.24, 2.45) is 0 Å². The molecule has 4 nitrogen and oxygen atoms in total. The van der Waals surface area contributed by atoms with Crippen LogP contribution in [0.2, 0.25) is 0 Å². The molecule has 0 aromatic carbocycles. The Kier molecular flexibility index (Phi) is 3.28. The van der Waals surface area contributed by atoms with Crippen molar-refractivity contribution in [3.8, 4) is 0 Å². The zero-order valence-corrected chi connectivity index (χ0v) is 9.14. The molecule has 1 unspecified atom stereocenters. The molecular weight excluding hydrogens is 178 g/mol. The number of amides is 1. The van der Waals surface area contributed by atoms with E-state index in [1.54, 1.807) is 0 Å². The van der Waals surface area contributed by atoms with Crippen molar-refractivity contribution in [3.63, 3.8) is 0 Å². The lowest BCUT2D eigenvalue weighted by atomic mass is 10.1. The summed E-state index contributed by atoms with van der Waals surface area (Å²) in [5.74, 6) is -0.0388. The maximum atomic E-state index is 11.7. The van der Waals surface area contributed by atoms with E-state index in [4.69, 9.17) is 0 Å². The van der Waals surface area contributed by atoms with Crippen LogP contribution in [0.25, 0.3) is 0 Å². The van der Waals surface area contributed by atoms with E-state index in [-0.39, 0.29) is 11.9 Å². The predicted molar refractivity (Wildman–Crippen MR) is 55.3 cm³/mol. The number of carbonyl (C=O) groups is 1. The first kappa shape index (κ1) is 10.8. The van der Waals surface area contributed by atoms with Gasteiger partial charge in [-0.25, -0.2) is 0 Å². The van der Waals surface area contributed by atoms with E-state index >= 15 is 0 Å². The molecule has 0 radical (unpaired) electrons. The van der Waals surface area contributed by atoms with Crippen molar-refractivity contribution < 1.29 is 4.79 Å². The van der Waals surface area contributed by atoms with Gasteiger partial charge in [0.05, 0.1) is 11.3 Å².